The van der Waals surface area contributed by atoms with Crippen LogP contribution < -0.4 is 0 Å². The predicted molar refractivity (Wildman–Crippen MR) is 48.6 cm³/mol. The van der Waals surface area contributed by atoms with E-state index in [0.29, 0.717) is 5.56 Å². The van der Waals surface area contributed by atoms with E-state index in [0.717, 1.165) is 0 Å². The zero-order valence-electron chi connectivity index (χ0n) is 6.65. The third kappa shape index (κ3) is 2.09. The lowest BCUT2D eigenvalue weighted by Crippen LogP contribution is -1.98. The first-order chi connectivity index (χ1) is 6.02. The molecule has 0 fully saturated rings. The highest BCUT2D eigenvalue weighted by Crippen LogP contribution is 2.18. The van der Waals surface area contributed by atoms with Crippen LogP contribution >= 0.6 is 15.9 Å². The van der Waals surface area contributed by atoms with E-state index in [1.807, 2.05) is 0 Å². The second-order valence-corrected chi connectivity index (χ2v) is 3.07. The Labute approximate surface area is 82.1 Å². The highest BCUT2D eigenvalue weighted by molar-refractivity contribution is 9.10. The van der Waals surface area contributed by atoms with Gasteiger partial charge in [0.1, 0.15) is 0 Å². The Balaban J connectivity index is 3.20. The molecule has 0 saturated carbocycles. The monoisotopic (exact) mass is 244 g/mol. The van der Waals surface area contributed by atoms with Gasteiger partial charge in [-0.1, -0.05) is 0 Å². The summed E-state index contributed by atoms with van der Waals surface area (Å²) >= 11 is 2.98. The summed E-state index contributed by atoms with van der Waals surface area (Å²) in [4.78, 5) is 24.2. The van der Waals surface area contributed by atoms with E-state index in [1.54, 1.807) is 0 Å². The molecular weight excluding hydrogens is 240 g/mol. The first kappa shape index (κ1) is 9.79. The highest BCUT2D eigenvalue weighted by atomic mass is 79.9. The first-order valence-electron chi connectivity index (χ1n) is 3.34. The lowest BCUT2D eigenvalue weighted by Gasteiger charge is -1.95. The van der Waals surface area contributed by atoms with E-state index >= 15 is 0 Å². The fourth-order valence-corrected chi connectivity index (χ4v) is 1.38. The van der Waals surface area contributed by atoms with E-state index in [2.05, 4.69) is 20.9 Å². The summed E-state index contributed by atoms with van der Waals surface area (Å²) in [5, 5.41) is 10.3. The summed E-state index contributed by atoms with van der Waals surface area (Å²) in [7, 11) is 0. The second kappa shape index (κ2) is 3.61. The molecule has 0 bridgehead atoms. The molecule has 0 aliphatic carbocycles. The number of halogens is 1. The minimum Gasteiger partial charge on any atom is -0.358 e. The van der Waals surface area contributed by atoms with Crippen molar-refractivity contribution in [2.45, 2.75) is 6.92 Å². The molecule has 1 aromatic rings. The van der Waals surface area contributed by atoms with Crippen molar-refractivity contribution in [3.8, 4) is 0 Å². The lowest BCUT2D eigenvalue weighted by molar-refractivity contribution is -0.389. The minimum atomic E-state index is -0.616. The van der Waals surface area contributed by atoms with Gasteiger partial charge < -0.3 is 10.1 Å². The number of pyridine rings is 1. The number of hydrogen-bond donors (Lipinski definition) is 0. The van der Waals surface area contributed by atoms with Gasteiger partial charge in [0, 0.05) is 22.0 Å². The standard InChI is InChI=1S/C7H5BrN2O3/c1-4(11)5-2-3-6(10(12)13)9-7(5)8/h2-3H,1H3. The molecule has 6 heteroatoms. The average molecular weight is 245 g/mol. The molecule has 0 aliphatic rings. The zero-order chi connectivity index (χ0) is 10.0. The largest absolute Gasteiger partial charge is 0.364 e. The lowest BCUT2D eigenvalue weighted by atomic mass is 10.2. The van der Waals surface area contributed by atoms with Crippen LogP contribution in [-0.2, 0) is 0 Å². The summed E-state index contributed by atoms with van der Waals surface area (Å²) in [6.07, 6.45) is 0. The van der Waals surface area contributed by atoms with Crippen LogP contribution in [0.5, 0.6) is 0 Å². The van der Waals surface area contributed by atoms with Gasteiger partial charge in [-0.25, -0.2) is 0 Å². The Morgan fingerprint density at radius 2 is 2.23 bits per heavy atom. The summed E-state index contributed by atoms with van der Waals surface area (Å²) in [5.41, 5.74) is 0.339. The number of hydrogen-bond acceptors (Lipinski definition) is 4. The smallest absolute Gasteiger partial charge is 0.358 e. The summed E-state index contributed by atoms with van der Waals surface area (Å²) < 4.78 is 0.203. The molecule has 1 heterocycles. The number of carbonyl (C=O) groups excluding carboxylic acids is 1. The number of nitro groups is 1. The van der Waals surface area contributed by atoms with Gasteiger partial charge in [-0.3, -0.25) is 4.79 Å². The first-order valence-corrected chi connectivity index (χ1v) is 4.13. The molecular formula is C7H5BrN2O3. The second-order valence-electron chi connectivity index (χ2n) is 2.32. The number of aromatic nitrogens is 1. The Morgan fingerprint density at radius 3 is 2.62 bits per heavy atom. The molecule has 0 radical (unpaired) electrons. The van der Waals surface area contributed by atoms with Crippen LogP contribution in [0.4, 0.5) is 5.82 Å². The van der Waals surface area contributed by atoms with Crippen LogP contribution in [0.25, 0.3) is 0 Å². The van der Waals surface area contributed by atoms with Crippen molar-refractivity contribution >= 4 is 27.5 Å². The zero-order valence-corrected chi connectivity index (χ0v) is 8.24. The molecule has 0 unspecified atom stereocenters. The van der Waals surface area contributed by atoms with E-state index in [9.17, 15) is 14.9 Å². The molecule has 13 heavy (non-hydrogen) atoms. The molecule has 0 saturated heterocycles. The van der Waals surface area contributed by atoms with Crippen molar-refractivity contribution in [3.05, 3.63) is 32.4 Å². The maximum absolute atomic E-state index is 10.9. The van der Waals surface area contributed by atoms with Crippen molar-refractivity contribution in [1.82, 2.24) is 4.98 Å². The number of Topliss-reactive ketones (excluding diaryl/α,β-unsaturated/α-hetero) is 1. The van der Waals surface area contributed by atoms with E-state index in [-0.39, 0.29) is 16.2 Å². The van der Waals surface area contributed by atoms with Crippen LogP contribution in [0.3, 0.4) is 0 Å². The van der Waals surface area contributed by atoms with Crippen LogP contribution in [0.2, 0.25) is 0 Å². The summed E-state index contributed by atoms with van der Waals surface area (Å²) in [5.74, 6) is -0.467. The van der Waals surface area contributed by atoms with Gasteiger partial charge in [0.25, 0.3) is 0 Å². The molecule has 1 aromatic heterocycles. The molecule has 5 nitrogen and oxygen atoms in total. The highest BCUT2D eigenvalue weighted by Gasteiger charge is 2.15. The summed E-state index contributed by atoms with van der Waals surface area (Å²) in [6.45, 7) is 1.37. The number of ketones is 1. The normalized spacial score (nSPS) is 9.69. The molecule has 0 spiro atoms. The molecule has 0 N–H and O–H groups in total. The molecule has 1 rings (SSSR count). The average Bonchev–Trinajstić information content (AvgIpc) is 2.03. The van der Waals surface area contributed by atoms with E-state index in [1.165, 1.54) is 19.1 Å². The third-order valence-corrected chi connectivity index (χ3v) is 2.00. The van der Waals surface area contributed by atoms with Gasteiger partial charge in [0.2, 0.25) is 4.60 Å². The van der Waals surface area contributed by atoms with Crippen molar-refractivity contribution in [2.75, 3.05) is 0 Å². The maximum atomic E-state index is 10.9. The topological polar surface area (TPSA) is 73.1 Å². The fraction of sp³-hybridized carbons (Fsp3) is 0.143. The minimum absolute atomic E-state index is 0.186. The van der Waals surface area contributed by atoms with Gasteiger partial charge in [0.15, 0.2) is 5.78 Å². The molecule has 0 amide bonds. The van der Waals surface area contributed by atoms with Crippen LogP contribution in [0, 0.1) is 10.1 Å². The molecule has 0 aromatic carbocycles. The van der Waals surface area contributed by atoms with Gasteiger partial charge in [-0.2, -0.15) is 0 Å². The predicted octanol–water partition coefficient (Wildman–Crippen LogP) is 1.95. The molecule has 0 aliphatic heterocycles. The van der Waals surface area contributed by atoms with Crippen molar-refractivity contribution in [3.63, 3.8) is 0 Å². The number of rotatable bonds is 2. The SMILES string of the molecule is CC(=O)c1ccc([N+](=O)[O-])nc1Br. The van der Waals surface area contributed by atoms with Gasteiger partial charge in [-0.05, 0) is 22.9 Å². The maximum Gasteiger partial charge on any atom is 0.364 e. The Morgan fingerprint density at radius 1 is 1.62 bits per heavy atom. The summed E-state index contributed by atoms with van der Waals surface area (Å²) in [6, 6.07) is 2.57. The third-order valence-electron chi connectivity index (χ3n) is 1.40. The van der Waals surface area contributed by atoms with E-state index in [4.69, 9.17) is 0 Å². The number of nitrogens with zero attached hydrogens (tertiary/aromatic N) is 2. The van der Waals surface area contributed by atoms with Crippen LogP contribution in [0.15, 0.2) is 16.7 Å². The van der Waals surface area contributed by atoms with E-state index < -0.39 is 4.92 Å². The Hall–Kier alpha value is -1.30. The molecule has 68 valence electrons. The van der Waals surface area contributed by atoms with Gasteiger partial charge in [0.05, 0.1) is 5.56 Å². The quantitative estimate of drug-likeness (QED) is 0.345. The van der Waals surface area contributed by atoms with Crippen molar-refractivity contribution in [2.24, 2.45) is 0 Å². The van der Waals surface area contributed by atoms with Crippen molar-refractivity contribution < 1.29 is 9.72 Å². The Bertz CT molecular complexity index is 378. The van der Waals surface area contributed by atoms with Gasteiger partial charge in [-0.15, -0.1) is 0 Å². The van der Waals surface area contributed by atoms with Crippen LogP contribution in [-0.4, -0.2) is 15.7 Å². The van der Waals surface area contributed by atoms with Gasteiger partial charge >= 0.3 is 5.82 Å². The van der Waals surface area contributed by atoms with Crippen LogP contribution in [0.1, 0.15) is 17.3 Å². The molecule has 0 atom stereocenters. The fourth-order valence-electron chi connectivity index (χ4n) is 0.789. The number of carbonyl (C=O) groups is 1. The Kier molecular flexibility index (Phi) is 2.72. The van der Waals surface area contributed by atoms with Crippen molar-refractivity contribution in [1.29, 1.82) is 0 Å².